The van der Waals surface area contributed by atoms with Gasteiger partial charge in [-0.05, 0) is 42.5 Å². The number of nitrogens with two attached hydrogens (primary N) is 1. The smallest absolute Gasteiger partial charge is 0.295 e. The lowest BCUT2D eigenvalue weighted by molar-refractivity contribution is 0.102. The molecule has 0 aliphatic heterocycles. The number of carbonyl (C=O) groups is 1. The van der Waals surface area contributed by atoms with Gasteiger partial charge in [-0.15, -0.1) is 0 Å². The van der Waals surface area contributed by atoms with Crippen LogP contribution in [0.15, 0.2) is 59.5 Å². The standard InChI is InChI=1S/C17H14N2O5S/c18-11-6-4-10(5-7-11)17(21)19-13-3-1-2-12-14(20)8-9-15(16(12)13)25(22,23)24/h1-9,20H,18H2,(H,19,21)(H,22,23,24). The highest BCUT2D eigenvalue weighted by Crippen LogP contribution is 2.35. The van der Waals surface area contributed by atoms with Crippen LogP contribution in [0.4, 0.5) is 11.4 Å². The lowest BCUT2D eigenvalue weighted by Crippen LogP contribution is -2.13. The van der Waals surface area contributed by atoms with Crippen LogP contribution in [0.5, 0.6) is 5.75 Å². The number of benzene rings is 3. The van der Waals surface area contributed by atoms with Crippen molar-refractivity contribution in [3.8, 4) is 5.75 Å². The summed E-state index contributed by atoms with van der Waals surface area (Å²) in [5.41, 5.74) is 6.55. The lowest BCUT2D eigenvalue weighted by atomic mass is 10.1. The van der Waals surface area contributed by atoms with E-state index in [4.69, 9.17) is 5.73 Å². The Balaban J connectivity index is 2.15. The summed E-state index contributed by atoms with van der Waals surface area (Å²) in [5, 5.41) is 12.8. The maximum absolute atomic E-state index is 12.4. The molecule has 1 amide bonds. The van der Waals surface area contributed by atoms with E-state index < -0.39 is 20.9 Å². The molecule has 0 unspecified atom stereocenters. The van der Waals surface area contributed by atoms with Crippen LogP contribution in [0.1, 0.15) is 10.4 Å². The molecular formula is C17H14N2O5S. The van der Waals surface area contributed by atoms with Gasteiger partial charge < -0.3 is 16.2 Å². The molecular weight excluding hydrogens is 344 g/mol. The Bertz CT molecular complexity index is 1080. The molecule has 3 aromatic rings. The van der Waals surface area contributed by atoms with E-state index in [0.717, 1.165) is 12.1 Å². The van der Waals surface area contributed by atoms with Gasteiger partial charge in [0, 0.05) is 22.0 Å². The van der Waals surface area contributed by atoms with Gasteiger partial charge in [0.2, 0.25) is 0 Å². The summed E-state index contributed by atoms with van der Waals surface area (Å²) < 4.78 is 32.7. The average Bonchev–Trinajstić information content (AvgIpc) is 2.55. The Morgan fingerprint density at radius 2 is 1.68 bits per heavy atom. The van der Waals surface area contributed by atoms with Crippen LogP contribution in [-0.2, 0) is 10.1 Å². The van der Waals surface area contributed by atoms with Crippen molar-refractivity contribution < 1.29 is 22.9 Å². The molecule has 0 atom stereocenters. The van der Waals surface area contributed by atoms with Crippen molar-refractivity contribution in [1.29, 1.82) is 0 Å². The summed E-state index contributed by atoms with van der Waals surface area (Å²) in [6, 6.07) is 12.9. The first-order valence-electron chi connectivity index (χ1n) is 7.16. The maximum atomic E-state index is 12.4. The van der Waals surface area contributed by atoms with Gasteiger partial charge in [0.05, 0.1) is 5.69 Å². The Kier molecular flexibility index (Phi) is 4.07. The molecule has 0 aromatic heterocycles. The SMILES string of the molecule is Nc1ccc(C(=O)Nc2cccc3c(O)ccc(S(=O)(=O)O)c23)cc1. The van der Waals surface area contributed by atoms with Crippen LogP contribution >= 0.6 is 0 Å². The predicted molar refractivity (Wildman–Crippen MR) is 94.2 cm³/mol. The molecule has 0 spiro atoms. The minimum atomic E-state index is -4.55. The number of nitrogen functional groups attached to an aromatic ring is 1. The molecule has 0 radical (unpaired) electrons. The second kappa shape index (κ2) is 6.08. The van der Waals surface area contributed by atoms with Crippen LogP contribution in [0.3, 0.4) is 0 Å². The van der Waals surface area contributed by atoms with Crippen molar-refractivity contribution in [2.45, 2.75) is 4.90 Å². The number of rotatable bonds is 3. The fourth-order valence-electron chi connectivity index (χ4n) is 2.51. The van der Waals surface area contributed by atoms with E-state index in [9.17, 15) is 22.9 Å². The maximum Gasteiger partial charge on any atom is 0.295 e. The molecule has 0 aliphatic carbocycles. The van der Waals surface area contributed by atoms with Crippen molar-refractivity contribution in [3.05, 3.63) is 60.2 Å². The highest BCUT2D eigenvalue weighted by molar-refractivity contribution is 7.86. The largest absolute Gasteiger partial charge is 0.507 e. The fourth-order valence-corrected chi connectivity index (χ4v) is 3.22. The number of anilines is 2. The third kappa shape index (κ3) is 3.25. The van der Waals surface area contributed by atoms with Gasteiger partial charge in [0.1, 0.15) is 10.6 Å². The Morgan fingerprint density at radius 1 is 1.00 bits per heavy atom. The van der Waals surface area contributed by atoms with E-state index in [2.05, 4.69) is 5.32 Å². The normalized spacial score (nSPS) is 11.4. The second-order valence-corrected chi connectivity index (χ2v) is 6.75. The van der Waals surface area contributed by atoms with Gasteiger partial charge >= 0.3 is 0 Å². The zero-order valence-electron chi connectivity index (χ0n) is 12.8. The van der Waals surface area contributed by atoms with Gasteiger partial charge in [-0.25, -0.2) is 0 Å². The summed E-state index contributed by atoms with van der Waals surface area (Å²) in [4.78, 5) is 12.0. The van der Waals surface area contributed by atoms with Crippen LogP contribution in [0.2, 0.25) is 0 Å². The van der Waals surface area contributed by atoms with Gasteiger partial charge in [-0.2, -0.15) is 8.42 Å². The van der Waals surface area contributed by atoms with Crippen molar-refractivity contribution in [2.24, 2.45) is 0 Å². The Hall–Kier alpha value is -3.10. The predicted octanol–water partition coefficient (Wildman–Crippen LogP) is 2.63. The molecule has 0 fully saturated rings. The number of aromatic hydroxyl groups is 1. The van der Waals surface area contributed by atoms with E-state index in [1.165, 1.54) is 24.3 Å². The molecule has 3 rings (SSSR count). The number of phenolic OH excluding ortho intramolecular Hbond substituents is 1. The molecule has 25 heavy (non-hydrogen) atoms. The minimum absolute atomic E-state index is 0.0220. The van der Waals surface area contributed by atoms with E-state index in [-0.39, 0.29) is 22.2 Å². The zero-order chi connectivity index (χ0) is 18.2. The molecule has 0 heterocycles. The van der Waals surface area contributed by atoms with Gasteiger partial charge in [0.25, 0.3) is 16.0 Å². The minimum Gasteiger partial charge on any atom is -0.507 e. The Labute approximate surface area is 143 Å². The number of carbonyl (C=O) groups excluding carboxylic acids is 1. The first kappa shape index (κ1) is 16.7. The van der Waals surface area contributed by atoms with Gasteiger partial charge in [0.15, 0.2) is 0 Å². The Morgan fingerprint density at radius 3 is 2.32 bits per heavy atom. The second-order valence-electron chi connectivity index (χ2n) is 5.36. The summed E-state index contributed by atoms with van der Waals surface area (Å²) in [7, 11) is -4.55. The molecule has 0 aliphatic rings. The summed E-state index contributed by atoms with van der Waals surface area (Å²) in [5.74, 6) is -0.664. The van der Waals surface area contributed by atoms with Crippen molar-refractivity contribution in [1.82, 2.24) is 0 Å². The average molecular weight is 358 g/mol. The highest BCUT2D eigenvalue weighted by Gasteiger charge is 2.19. The van der Waals surface area contributed by atoms with E-state index in [1.54, 1.807) is 18.2 Å². The molecule has 128 valence electrons. The van der Waals surface area contributed by atoms with E-state index in [0.29, 0.717) is 11.3 Å². The molecule has 3 aromatic carbocycles. The van der Waals surface area contributed by atoms with Gasteiger partial charge in [-0.1, -0.05) is 12.1 Å². The molecule has 8 heteroatoms. The molecule has 7 nitrogen and oxygen atoms in total. The monoisotopic (exact) mass is 358 g/mol. The van der Waals surface area contributed by atoms with Crippen molar-refractivity contribution in [2.75, 3.05) is 11.1 Å². The summed E-state index contributed by atoms with van der Waals surface area (Å²) in [6.07, 6.45) is 0. The topological polar surface area (TPSA) is 130 Å². The van der Waals surface area contributed by atoms with E-state index in [1.807, 2.05) is 0 Å². The first-order chi connectivity index (χ1) is 11.8. The number of fused-ring (bicyclic) bond motifs is 1. The summed E-state index contributed by atoms with van der Waals surface area (Å²) in [6.45, 7) is 0. The van der Waals surface area contributed by atoms with E-state index >= 15 is 0 Å². The quantitative estimate of drug-likeness (QED) is 0.421. The number of hydrogen-bond donors (Lipinski definition) is 4. The molecule has 0 bridgehead atoms. The number of nitrogens with one attached hydrogen (secondary N) is 1. The number of hydrogen-bond acceptors (Lipinski definition) is 5. The molecule has 5 N–H and O–H groups in total. The lowest BCUT2D eigenvalue weighted by Gasteiger charge is -2.12. The fraction of sp³-hybridized carbons (Fsp3) is 0. The van der Waals surface area contributed by atoms with Crippen LogP contribution in [0.25, 0.3) is 10.8 Å². The highest BCUT2D eigenvalue weighted by atomic mass is 32.2. The number of amides is 1. The van der Waals surface area contributed by atoms with Crippen LogP contribution in [-0.4, -0.2) is 24.0 Å². The third-order valence-electron chi connectivity index (χ3n) is 3.68. The van der Waals surface area contributed by atoms with Crippen LogP contribution in [0, 0.1) is 0 Å². The van der Waals surface area contributed by atoms with Crippen molar-refractivity contribution in [3.63, 3.8) is 0 Å². The zero-order valence-corrected chi connectivity index (χ0v) is 13.6. The summed E-state index contributed by atoms with van der Waals surface area (Å²) >= 11 is 0. The van der Waals surface area contributed by atoms with Crippen molar-refractivity contribution >= 4 is 38.2 Å². The molecule has 0 saturated carbocycles. The first-order valence-corrected chi connectivity index (χ1v) is 8.60. The number of phenols is 1. The van der Waals surface area contributed by atoms with Gasteiger partial charge in [-0.3, -0.25) is 9.35 Å². The van der Waals surface area contributed by atoms with Crippen LogP contribution < -0.4 is 11.1 Å². The third-order valence-corrected chi connectivity index (χ3v) is 4.57. The molecule has 0 saturated heterocycles.